The molecular weight excluding hydrogens is 336 g/mol. The molecule has 0 saturated heterocycles. The molecule has 0 radical (unpaired) electrons. The Morgan fingerprint density at radius 2 is 1.96 bits per heavy atom. The second kappa shape index (κ2) is 6.84. The van der Waals surface area contributed by atoms with Gasteiger partial charge < -0.3 is 9.47 Å². The van der Waals surface area contributed by atoms with Crippen LogP contribution in [0, 0.1) is 5.92 Å². The third kappa shape index (κ3) is 3.03. The smallest absolute Gasteiger partial charge is 0.254 e. The topological polar surface area (TPSA) is 42.3 Å². The Labute approximate surface area is 160 Å². The van der Waals surface area contributed by atoms with Crippen LogP contribution < -0.4 is 0 Å². The summed E-state index contributed by atoms with van der Waals surface area (Å²) < 4.78 is 2.10. The Balaban J connectivity index is 1.65. The van der Waals surface area contributed by atoms with Crippen molar-refractivity contribution in [3.05, 3.63) is 65.0 Å². The number of fused-ring (bicyclic) bond motifs is 2. The van der Waals surface area contributed by atoms with Crippen LogP contribution in [-0.4, -0.2) is 27.7 Å². The number of ketones is 1. The van der Waals surface area contributed by atoms with E-state index in [1.54, 1.807) is 6.92 Å². The Hall–Kier alpha value is -2.62. The predicted molar refractivity (Wildman–Crippen MR) is 106 cm³/mol. The zero-order chi connectivity index (χ0) is 19.1. The summed E-state index contributed by atoms with van der Waals surface area (Å²) in [6.45, 7) is 7.98. The molecule has 0 saturated carbocycles. The average molecular weight is 362 g/mol. The van der Waals surface area contributed by atoms with Crippen molar-refractivity contribution in [1.29, 1.82) is 0 Å². The summed E-state index contributed by atoms with van der Waals surface area (Å²) in [4.78, 5) is 27.0. The molecule has 140 valence electrons. The molecule has 4 rings (SSSR count). The predicted octanol–water partition coefficient (Wildman–Crippen LogP) is 4.26. The molecule has 2 atom stereocenters. The first-order valence-electron chi connectivity index (χ1n) is 9.80. The molecule has 1 aliphatic carbocycles. The molecule has 4 nitrogen and oxygen atoms in total. The largest absolute Gasteiger partial charge is 0.347 e. The molecule has 2 heterocycles. The molecule has 2 aromatic rings. The minimum atomic E-state index is 0.0680. The van der Waals surface area contributed by atoms with Crippen molar-refractivity contribution in [2.24, 2.45) is 5.92 Å². The van der Waals surface area contributed by atoms with Gasteiger partial charge >= 0.3 is 0 Å². The van der Waals surface area contributed by atoms with Gasteiger partial charge in [0.25, 0.3) is 5.91 Å². The van der Waals surface area contributed by atoms with Crippen molar-refractivity contribution < 1.29 is 9.59 Å². The molecule has 1 aliphatic heterocycles. The number of amides is 1. The van der Waals surface area contributed by atoms with Crippen LogP contribution in [-0.2, 0) is 17.9 Å². The van der Waals surface area contributed by atoms with E-state index in [1.807, 2.05) is 23.2 Å². The first-order valence-corrected chi connectivity index (χ1v) is 9.80. The maximum Gasteiger partial charge on any atom is 0.254 e. The van der Waals surface area contributed by atoms with Crippen molar-refractivity contribution in [2.75, 3.05) is 6.54 Å². The highest BCUT2D eigenvalue weighted by atomic mass is 16.2. The first-order chi connectivity index (χ1) is 13.0. The SMILES string of the molecule is CCC1C=C(C(=O)N2CCn3cc(C(C)=O)cc3C2)c2ccccc2C1C. The van der Waals surface area contributed by atoms with Gasteiger partial charge in [-0.3, -0.25) is 9.59 Å². The molecule has 0 fully saturated rings. The number of hydrogen-bond acceptors (Lipinski definition) is 2. The second-order valence-corrected chi connectivity index (χ2v) is 7.72. The summed E-state index contributed by atoms with van der Waals surface area (Å²) in [5.41, 5.74) is 4.94. The summed E-state index contributed by atoms with van der Waals surface area (Å²) in [6, 6.07) is 10.2. The molecule has 0 N–H and O–H groups in total. The number of Topliss-reactive ketones (excluding diaryl/α,β-unsaturated/α-hetero) is 1. The van der Waals surface area contributed by atoms with Gasteiger partial charge in [-0.15, -0.1) is 0 Å². The summed E-state index contributed by atoms with van der Waals surface area (Å²) in [5, 5.41) is 0. The number of carbonyl (C=O) groups is 2. The first kappa shape index (κ1) is 17.8. The van der Waals surface area contributed by atoms with Crippen molar-refractivity contribution in [2.45, 2.75) is 46.2 Å². The Kier molecular flexibility index (Phi) is 4.50. The van der Waals surface area contributed by atoms with Crippen LogP contribution in [0.1, 0.15) is 60.3 Å². The summed E-state index contributed by atoms with van der Waals surface area (Å²) in [6.07, 6.45) is 5.12. The highest BCUT2D eigenvalue weighted by molar-refractivity contribution is 6.20. The normalized spacial score (nSPS) is 21.3. The molecule has 2 unspecified atom stereocenters. The number of carbonyl (C=O) groups excluding carboxylic acids is 2. The van der Waals surface area contributed by atoms with Gasteiger partial charge in [-0.2, -0.15) is 0 Å². The van der Waals surface area contributed by atoms with Crippen molar-refractivity contribution in [3.63, 3.8) is 0 Å². The van der Waals surface area contributed by atoms with E-state index in [0.29, 0.717) is 24.9 Å². The van der Waals surface area contributed by atoms with Gasteiger partial charge in [0.1, 0.15) is 0 Å². The molecule has 4 heteroatoms. The Morgan fingerprint density at radius 1 is 1.19 bits per heavy atom. The van der Waals surface area contributed by atoms with Crippen LogP contribution in [0.25, 0.3) is 5.57 Å². The van der Waals surface area contributed by atoms with Gasteiger partial charge in [0.15, 0.2) is 5.78 Å². The molecule has 0 spiro atoms. The van der Waals surface area contributed by atoms with E-state index < -0.39 is 0 Å². The minimum absolute atomic E-state index is 0.0680. The van der Waals surface area contributed by atoms with Crippen LogP contribution in [0.5, 0.6) is 0 Å². The van der Waals surface area contributed by atoms with E-state index in [9.17, 15) is 9.59 Å². The van der Waals surface area contributed by atoms with Gasteiger partial charge in [-0.25, -0.2) is 0 Å². The van der Waals surface area contributed by atoms with E-state index in [4.69, 9.17) is 0 Å². The number of aromatic nitrogens is 1. The zero-order valence-corrected chi connectivity index (χ0v) is 16.2. The molecule has 27 heavy (non-hydrogen) atoms. The third-order valence-electron chi connectivity index (χ3n) is 6.11. The number of hydrogen-bond donors (Lipinski definition) is 0. The molecule has 1 aromatic carbocycles. The molecule has 1 aromatic heterocycles. The van der Waals surface area contributed by atoms with Gasteiger partial charge in [0, 0.05) is 36.1 Å². The van der Waals surface area contributed by atoms with Crippen LogP contribution in [0.15, 0.2) is 42.6 Å². The Morgan fingerprint density at radius 3 is 2.70 bits per heavy atom. The lowest BCUT2D eigenvalue weighted by Crippen LogP contribution is -2.39. The minimum Gasteiger partial charge on any atom is -0.347 e. The summed E-state index contributed by atoms with van der Waals surface area (Å²) in [5.74, 6) is 0.986. The maximum atomic E-state index is 13.4. The van der Waals surface area contributed by atoms with Crippen molar-refractivity contribution in [3.8, 4) is 0 Å². The number of allylic oxidation sites excluding steroid dienone is 1. The quantitative estimate of drug-likeness (QED) is 0.766. The zero-order valence-electron chi connectivity index (χ0n) is 16.2. The van der Waals surface area contributed by atoms with Crippen LogP contribution >= 0.6 is 0 Å². The molecule has 0 bridgehead atoms. The van der Waals surface area contributed by atoms with E-state index in [0.717, 1.165) is 35.4 Å². The van der Waals surface area contributed by atoms with Crippen LogP contribution in [0.3, 0.4) is 0 Å². The van der Waals surface area contributed by atoms with Crippen molar-refractivity contribution in [1.82, 2.24) is 9.47 Å². The lowest BCUT2D eigenvalue weighted by atomic mass is 9.76. The third-order valence-corrected chi connectivity index (χ3v) is 6.11. The van der Waals surface area contributed by atoms with E-state index in [-0.39, 0.29) is 11.7 Å². The second-order valence-electron chi connectivity index (χ2n) is 7.72. The molecule has 2 aliphatic rings. The monoisotopic (exact) mass is 362 g/mol. The molecular formula is C23H26N2O2. The average Bonchev–Trinajstić information content (AvgIpc) is 3.12. The van der Waals surface area contributed by atoms with Gasteiger partial charge in [0.05, 0.1) is 6.54 Å². The van der Waals surface area contributed by atoms with Gasteiger partial charge in [0.2, 0.25) is 0 Å². The van der Waals surface area contributed by atoms with Crippen LogP contribution in [0.2, 0.25) is 0 Å². The lowest BCUT2D eigenvalue weighted by molar-refractivity contribution is -0.126. The fourth-order valence-corrected chi connectivity index (χ4v) is 4.41. The summed E-state index contributed by atoms with van der Waals surface area (Å²) in [7, 11) is 0. The molecule has 1 amide bonds. The van der Waals surface area contributed by atoms with E-state index in [2.05, 4.69) is 42.7 Å². The van der Waals surface area contributed by atoms with Crippen molar-refractivity contribution >= 4 is 17.3 Å². The van der Waals surface area contributed by atoms with Gasteiger partial charge in [-0.1, -0.05) is 44.2 Å². The Bertz CT molecular complexity index is 938. The standard InChI is InChI=1S/C23H26N2O2/c1-4-17-12-22(21-8-6-5-7-20(21)15(17)2)23(27)25-10-9-24-13-18(16(3)26)11-19(24)14-25/h5-8,11-13,15,17H,4,9-10,14H2,1-3H3. The lowest BCUT2D eigenvalue weighted by Gasteiger charge is -2.33. The van der Waals surface area contributed by atoms with Crippen LogP contribution in [0.4, 0.5) is 0 Å². The van der Waals surface area contributed by atoms with Gasteiger partial charge in [-0.05, 0) is 42.4 Å². The maximum absolute atomic E-state index is 13.4. The highest BCUT2D eigenvalue weighted by Crippen LogP contribution is 2.40. The highest BCUT2D eigenvalue weighted by Gasteiger charge is 2.31. The van der Waals surface area contributed by atoms with E-state index in [1.165, 1.54) is 5.56 Å². The fourth-order valence-electron chi connectivity index (χ4n) is 4.41. The number of nitrogens with zero attached hydrogens (tertiary/aromatic N) is 2. The summed E-state index contributed by atoms with van der Waals surface area (Å²) >= 11 is 0. The number of rotatable bonds is 3. The fraction of sp³-hybridized carbons (Fsp3) is 0.391. The number of benzene rings is 1. The van der Waals surface area contributed by atoms with E-state index >= 15 is 0 Å².